The number of carbonyl (C=O) groups is 1. The number of hydrogen-bond donors (Lipinski definition) is 2. The molecule has 0 saturated carbocycles. The number of carbonyl (C=O) groups excluding carboxylic acids is 1. The molecule has 7 nitrogen and oxygen atoms in total. The van der Waals surface area contributed by atoms with Gasteiger partial charge in [-0.2, -0.15) is 0 Å². The van der Waals surface area contributed by atoms with Crippen LogP contribution in [0.3, 0.4) is 0 Å². The number of hydrogen-bond acceptors (Lipinski definition) is 6. The molecule has 0 unspecified atom stereocenters. The summed E-state index contributed by atoms with van der Waals surface area (Å²) < 4.78 is 24.9. The van der Waals surface area contributed by atoms with Crippen molar-refractivity contribution in [1.29, 1.82) is 0 Å². The number of fused-ring (bicyclic) bond motifs is 1. The molecule has 3 aromatic rings. The molecule has 4 rings (SSSR count). The zero-order chi connectivity index (χ0) is 23.8. The minimum atomic E-state index is -0.570. The van der Waals surface area contributed by atoms with Gasteiger partial charge in [-0.25, -0.2) is 9.37 Å². The van der Waals surface area contributed by atoms with E-state index < -0.39 is 5.60 Å². The number of ether oxygens (including phenoxy) is 2. The Kier molecular flexibility index (Phi) is 6.23. The van der Waals surface area contributed by atoms with E-state index in [2.05, 4.69) is 9.97 Å². The van der Waals surface area contributed by atoms with Gasteiger partial charge in [0.05, 0.1) is 26.3 Å². The zero-order valence-electron chi connectivity index (χ0n) is 19.2. The van der Waals surface area contributed by atoms with Gasteiger partial charge >= 0.3 is 5.97 Å². The Morgan fingerprint density at radius 2 is 2.06 bits per heavy atom. The number of benzene rings is 1. The minimum absolute atomic E-state index is 0.0761. The van der Waals surface area contributed by atoms with E-state index in [1.165, 1.54) is 12.1 Å². The molecule has 1 aliphatic heterocycles. The molecule has 1 atom stereocenters. The van der Waals surface area contributed by atoms with Crippen molar-refractivity contribution in [2.75, 3.05) is 26.8 Å². The van der Waals surface area contributed by atoms with Crippen molar-refractivity contribution >= 4 is 22.6 Å². The molecular weight excluding hydrogens is 425 g/mol. The number of H-pyrrole nitrogens is 1. The quantitative estimate of drug-likeness (QED) is 0.553. The van der Waals surface area contributed by atoms with Crippen molar-refractivity contribution in [3.05, 3.63) is 54.1 Å². The summed E-state index contributed by atoms with van der Waals surface area (Å²) in [5, 5.41) is 10.7. The van der Waals surface area contributed by atoms with Gasteiger partial charge in [0.2, 0.25) is 0 Å². The lowest BCUT2D eigenvalue weighted by Crippen LogP contribution is -2.39. The first-order valence-corrected chi connectivity index (χ1v) is 10.8. The lowest BCUT2D eigenvalue weighted by Gasteiger charge is -2.25. The lowest BCUT2D eigenvalue weighted by atomic mass is 10.0. The van der Waals surface area contributed by atoms with Crippen LogP contribution in [0.15, 0.2) is 42.6 Å². The Balaban J connectivity index is 1.64. The highest BCUT2D eigenvalue weighted by molar-refractivity contribution is 5.97. The monoisotopic (exact) mass is 453 g/mol. The third-order valence-electron chi connectivity index (χ3n) is 5.50. The third kappa shape index (κ3) is 4.91. The molecule has 0 fully saturated rings. The zero-order valence-corrected chi connectivity index (χ0v) is 19.2. The highest BCUT2D eigenvalue weighted by Crippen LogP contribution is 2.36. The maximum atomic E-state index is 14.0. The summed E-state index contributed by atoms with van der Waals surface area (Å²) in [5.41, 5.74) is 3.27. The molecule has 0 radical (unpaired) electrons. The molecule has 2 aromatic heterocycles. The van der Waals surface area contributed by atoms with Gasteiger partial charge in [-0.05, 0) is 62.2 Å². The van der Waals surface area contributed by atoms with Crippen molar-refractivity contribution in [3.63, 3.8) is 0 Å². The predicted octanol–water partition coefficient (Wildman–Crippen LogP) is 3.78. The van der Waals surface area contributed by atoms with Gasteiger partial charge in [0.1, 0.15) is 22.8 Å². The van der Waals surface area contributed by atoms with Crippen LogP contribution in [0.1, 0.15) is 26.5 Å². The van der Waals surface area contributed by atoms with E-state index >= 15 is 0 Å². The van der Waals surface area contributed by atoms with E-state index in [4.69, 9.17) is 9.47 Å². The van der Waals surface area contributed by atoms with E-state index in [1.807, 2.05) is 43.9 Å². The largest absolute Gasteiger partial charge is 0.496 e. The van der Waals surface area contributed by atoms with Crippen molar-refractivity contribution < 1.29 is 23.8 Å². The first-order valence-electron chi connectivity index (χ1n) is 10.8. The summed E-state index contributed by atoms with van der Waals surface area (Å²) >= 11 is 0. The van der Waals surface area contributed by atoms with Gasteiger partial charge < -0.3 is 19.6 Å². The third-order valence-corrected chi connectivity index (χ3v) is 5.50. The summed E-state index contributed by atoms with van der Waals surface area (Å²) in [4.78, 5) is 21.9. The Hall–Kier alpha value is -3.23. The molecule has 174 valence electrons. The van der Waals surface area contributed by atoms with Crippen LogP contribution in [0.5, 0.6) is 5.75 Å². The van der Waals surface area contributed by atoms with Crippen LogP contribution in [0.25, 0.3) is 27.7 Å². The predicted molar refractivity (Wildman–Crippen MR) is 124 cm³/mol. The van der Waals surface area contributed by atoms with Crippen LogP contribution in [-0.4, -0.2) is 64.4 Å². The number of methoxy groups -OCH3 is 1. The van der Waals surface area contributed by atoms with Crippen LogP contribution in [0, 0.1) is 5.82 Å². The number of aliphatic hydroxyl groups is 1. The van der Waals surface area contributed by atoms with Gasteiger partial charge in [-0.15, -0.1) is 0 Å². The number of esters is 1. The second-order valence-corrected chi connectivity index (χ2v) is 9.08. The maximum absolute atomic E-state index is 14.0. The van der Waals surface area contributed by atoms with E-state index in [9.17, 15) is 14.3 Å². The number of nitrogens with one attached hydrogen (secondary N) is 1. The molecule has 33 heavy (non-hydrogen) atoms. The van der Waals surface area contributed by atoms with Crippen molar-refractivity contribution in [2.45, 2.75) is 32.4 Å². The lowest BCUT2D eigenvalue weighted by molar-refractivity contribution is -0.156. The van der Waals surface area contributed by atoms with E-state index in [1.54, 1.807) is 19.4 Å². The normalized spacial score (nSPS) is 16.8. The highest BCUT2D eigenvalue weighted by atomic mass is 19.1. The SMILES string of the molecule is COc1ccc(F)cc1-c1ccnc2[nH]c(C3=C[C@@H](CO)N(CC(=O)OC(C)(C)C)C3)cc12. The molecule has 0 bridgehead atoms. The molecular formula is C25H28FN3O4. The Bertz CT molecular complexity index is 1210. The van der Waals surface area contributed by atoms with Gasteiger partial charge in [-0.3, -0.25) is 9.69 Å². The first-order chi connectivity index (χ1) is 15.7. The van der Waals surface area contributed by atoms with E-state index in [0.717, 1.165) is 22.2 Å². The van der Waals surface area contributed by atoms with Gasteiger partial charge in [0.15, 0.2) is 0 Å². The number of rotatable bonds is 6. The van der Waals surface area contributed by atoms with Gasteiger partial charge in [-0.1, -0.05) is 6.08 Å². The number of aromatic nitrogens is 2. The van der Waals surface area contributed by atoms with Crippen LogP contribution in [-0.2, 0) is 9.53 Å². The summed E-state index contributed by atoms with van der Waals surface area (Å²) in [5.74, 6) is -0.126. The molecule has 8 heteroatoms. The Morgan fingerprint density at radius 3 is 2.76 bits per heavy atom. The van der Waals surface area contributed by atoms with Crippen LogP contribution in [0.2, 0.25) is 0 Å². The smallest absolute Gasteiger partial charge is 0.320 e. The highest BCUT2D eigenvalue weighted by Gasteiger charge is 2.29. The molecule has 1 aliphatic rings. The molecule has 0 saturated heterocycles. The molecule has 3 heterocycles. The van der Waals surface area contributed by atoms with Gasteiger partial charge in [0.25, 0.3) is 0 Å². The number of nitrogens with zero attached hydrogens (tertiary/aromatic N) is 2. The Labute approximate surface area is 191 Å². The minimum Gasteiger partial charge on any atom is -0.496 e. The fourth-order valence-electron chi connectivity index (χ4n) is 4.11. The fourth-order valence-corrected chi connectivity index (χ4v) is 4.11. The number of aromatic amines is 1. The fraction of sp³-hybridized carbons (Fsp3) is 0.360. The second kappa shape index (κ2) is 8.96. The first kappa shape index (κ1) is 22.9. The molecule has 2 N–H and O–H groups in total. The molecule has 1 aromatic carbocycles. The van der Waals surface area contributed by atoms with Gasteiger partial charge in [0, 0.05) is 29.4 Å². The number of halogens is 1. The van der Waals surface area contributed by atoms with E-state index in [-0.39, 0.29) is 31.0 Å². The summed E-state index contributed by atoms with van der Waals surface area (Å²) in [6.07, 6.45) is 3.61. The number of aliphatic hydroxyl groups excluding tert-OH is 1. The average molecular weight is 454 g/mol. The van der Waals surface area contributed by atoms with Crippen LogP contribution in [0.4, 0.5) is 4.39 Å². The maximum Gasteiger partial charge on any atom is 0.320 e. The molecule has 0 amide bonds. The van der Waals surface area contributed by atoms with Crippen molar-refractivity contribution in [1.82, 2.24) is 14.9 Å². The second-order valence-electron chi connectivity index (χ2n) is 9.08. The van der Waals surface area contributed by atoms with Crippen LogP contribution < -0.4 is 4.74 Å². The number of pyridine rings is 1. The summed E-state index contributed by atoms with van der Waals surface area (Å²) in [6, 6.07) is 7.89. The average Bonchev–Trinajstić information content (AvgIpc) is 3.35. The van der Waals surface area contributed by atoms with Crippen molar-refractivity contribution in [3.8, 4) is 16.9 Å². The van der Waals surface area contributed by atoms with Crippen molar-refractivity contribution in [2.24, 2.45) is 0 Å². The summed E-state index contributed by atoms with van der Waals surface area (Å²) in [7, 11) is 1.55. The molecule has 0 spiro atoms. The molecule has 0 aliphatic carbocycles. The standard InChI is InChI=1S/C25H28FN3O4/c1-25(2,3)33-23(31)13-29-12-15(9-17(29)14-30)21-11-20-18(7-8-27-24(20)28-21)19-10-16(26)5-6-22(19)32-4/h5-11,17,30H,12-14H2,1-4H3,(H,27,28)/t17-/m0/s1. The topological polar surface area (TPSA) is 87.7 Å². The van der Waals surface area contributed by atoms with Crippen LogP contribution >= 0.6 is 0 Å². The Morgan fingerprint density at radius 1 is 1.27 bits per heavy atom. The van der Waals surface area contributed by atoms with E-state index in [0.29, 0.717) is 23.5 Å². The summed E-state index contributed by atoms with van der Waals surface area (Å²) in [6.45, 7) is 5.90.